The zero-order valence-electron chi connectivity index (χ0n) is 16.5. The molecular formula is C22H28N2O4. The SMILES string of the molecule is COc1ccccc1N1CCN(CC(O)COc2cccc(C(C)=O)c2)CC1. The summed E-state index contributed by atoms with van der Waals surface area (Å²) in [5.41, 5.74) is 1.72. The summed E-state index contributed by atoms with van der Waals surface area (Å²) >= 11 is 0. The Morgan fingerprint density at radius 2 is 1.86 bits per heavy atom. The van der Waals surface area contributed by atoms with Crippen molar-refractivity contribution in [2.45, 2.75) is 13.0 Å². The van der Waals surface area contributed by atoms with Crippen LogP contribution in [0.5, 0.6) is 11.5 Å². The van der Waals surface area contributed by atoms with Crippen molar-refractivity contribution in [3.8, 4) is 11.5 Å². The highest BCUT2D eigenvalue weighted by molar-refractivity contribution is 5.94. The third-order valence-corrected chi connectivity index (χ3v) is 4.95. The predicted molar refractivity (Wildman–Crippen MR) is 110 cm³/mol. The highest BCUT2D eigenvalue weighted by atomic mass is 16.5. The van der Waals surface area contributed by atoms with E-state index >= 15 is 0 Å². The fourth-order valence-corrected chi connectivity index (χ4v) is 3.41. The summed E-state index contributed by atoms with van der Waals surface area (Å²) < 4.78 is 11.1. The molecule has 0 amide bonds. The summed E-state index contributed by atoms with van der Waals surface area (Å²) in [6.45, 7) is 5.80. The molecule has 0 aliphatic carbocycles. The third-order valence-electron chi connectivity index (χ3n) is 4.95. The molecule has 2 aromatic carbocycles. The van der Waals surface area contributed by atoms with E-state index in [0.717, 1.165) is 37.6 Å². The number of carbonyl (C=O) groups excluding carboxylic acids is 1. The van der Waals surface area contributed by atoms with Crippen LogP contribution in [-0.2, 0) is 0 Å². The highest BCUT2D eigenvalue weighted by Gasteiger charge is 2.21. The number of rotatable bonds is 8. The first-order valence-corrected chi connectivity index (χ1v) is 9.59. The quantitative estimate of drug-likeness (QED) is 0.706. The molecule has 1 saturated heterocycles. The van der Waals surface area contributed by atoms with Crippen molar-refractivity contribution in [3.63, 3.8) is 0 Å². The molecule has 1 aliphatic rings. The molecule has 1 unspecified atom stereocenters. The number of Topliss-reactive ketones (excluding diaryl/α,β-unsaturated/α-hetero) is 1. The Kier molecular flexibility index (Phi) is 6.90. The van der Waals surface area contributed by atoms with Crippen LogP contribution in [0.1, 0.15) is 17.3 Å². The standard InChI is InChI=1S/C22H28N2O4/c1-17(25)18-6-5-7-20(14-18)28-16-19(26)15-23-10-12-24(13-11-23)21-8-3-4-9-22(21)27-2/h3-9,14,19,26H,10-13,15-16H2,1-2H3. The van der Waals surface area contributed by atoms with Crippen LogP contribution < -0.4 is 14.4 Å². The van der Waals surface area contributed by atoms with Gasteiger partial charge >= 0.3 is 0 Å². The first kappa shape index (κ1) is 20.2. The average molecular weight is 384 g/mol. The molecular weight excluding hydrogens is 356 g/mol. The molecule has 150 valence electrons. The number of β-amino-alcohol motifs (C(OH)–C–C–N with tert-alkyl or cyclic N) is 1. The van der Waals surface area contributed by atoms with E-state index in [1.54, 1.807) is 31.4 Å². The smallest absolute Gasteiger partial charge is 0.159 e. The second kappa shape index (κ2) is 9.57. The van der Waals surface area contributed by atoms with Gasteiger partial charge in [-0.15, -0.1) is 0 Å². The summed E-state index contributed by atoms with van der Waals surface area (Å²) in [5, 5.41) is 10.3. The average Bonchev–Trinajstić information content (AvgIpc) is 2.73. The Morgan fingerprint density at radius 3 is 2.57 bits per heavy atom. The minimum Gasteiger partial charge on any atom is -0.495 e. The number of carbonyl (C=O) groups is 1. The van der Waals surface area contributed by atoms with E-state index < -0.39 is 6.10 Å². The lowest BCUT2D eigenvalue weighted by molar-refractivity contribution is 0.0662. The number of anilines is 1. The number of aliphatic hydroxyl groups is 1. The van der Waals surface area contributed by atoms with Gasteiger partial charge in [0.1, 0.15) is 24.2 Å². The molecule has 28 heavy (non-hydrogen) atoms. The first-order valence-electron chi connectivity index (χ1n) is 9.59. The lowest BCUT2D eigenvalue weighted by Gasteiger charge is -2.37. The van der Waals surface area contributed by atoms with Crippen LogP contribution in [0.15, 0.2) is 48.5 Å². The number of aliphatic hydroxyl groups excluding tert-OH is 1. The van der Waals surface area contributed by atoms with Crippen LogP contribution >= 0.6 is 0 Å². The zero-order valence-corrected chi connectivity index (χ0v) is 16.5. The van der Waals surface area contributed by atoms with Gasteiger partial charge in [-0.1, -0.05) is 24.3 Å². The second-order valence-corrected chi connectivity index (χ2v) is 7.01. The van der Waals surface area contributed by atoms with Crippen molar-refractivity contribution in [1.29, 1.82) is 0 Å². The minimum atomic E-state index is -0.584. The summed E-state index contributed by atoms with van der Waals surface area (Å²) in [6, 6.07) is 15.1. The first-order chi connectivity index (χ1) is 13.6. The van der Waals surface area contributed by atoms with E-state index in [1.807, 2.05) is 18.2 Å². The summed E-state index contributed by atoms with van der Waals surface area (Å²) in [7, 11) is 1.69. The Hall–Kier alpha value is -2.57. The number of benzene rings is 2. The van der Waals surface area contributed by atoms with Crippen molar-refractivity contribution >= 4 is 11.5 Å². The van der Waals surface area contributed by atoms with Crippen molar-refractivity contribution in [2.75, 3.05) is 51.3 Å². The third kappa shape index (κ3) is 5.24. The number of piperazine rings is 1. The monoisotopic (exact) mass is 384 g/mol. The van der Waals surface area contributed by atoms with Gasteiger partial charge in [-0.25, -0.2) is 0 Å². The summed E-state index contributed by atoms with van der Waals surface area (Å²) in [4.78, 5) is 16.0. The molecule has 0 bridgehead atoms. The van der Waals surface area contributed by atoms with E-state index in [-0.39, 0.29) is 12.4 Å². The summed E-state index contributed by atoms with van der Waals surface area (Å²) in [5.74, 6) is 1.49. The predicted octanol–water partition coefficient (Wildman–Crippen LogP) is 2.46. The molecule has 6 nitrogen and oxygen atoms in total. The molecule has 1 heterocycles. The highest BCUT2D eigenvalue weighted by Crippen LogP contribution is 2.28. The van der Waals surface area contributed by atoms with Gasteiger partial charge in [0, 0.05) is 38.3 Å². The molecule has 0 saturated carbocycles. The number of methoxy groups -OCH3 is 1. The van der Waals surface area contributed by atoms with Gasteiger partial charge in [0.15, 0.2) is 5.78 Å². The van der Waals surface area contributed by atoms with E-state index in [0.29, 0.717) is 17.9 Å². The molecule has 6 heteroatoms. The summed E-state index contributed by atoms with van der Waals surface area (Å²) in [6.07, 6.45) is -0.584. The van der Waals surface area contributed by atoms with Crippen LogP contribution in [0.2, 0.25) is 0 Å². The Balaban J connectivity index is 1.45. The number of ether oxygens (including phenoxy) is 2. The fraction of sp³-hybridized carbons (Fsp3) is 0.409. The van der Waals surface area contributed by atoms with E-state index in [2.05, 4.69) is 15.9 Å². The van der Waals surface area contributed by atoms with Gasteiger partial charge < -0.3 is 19.5 Å². The number of para-hydroxylation sites is 2. The molecule has 2 aromatic rings. The van der Waals surface area contributed by atoms with Crippen LogP contribution in [0, 0.1) is 0 Å². The zero-order chi connectivity index (χ0) is 19.9. The molecule has 0 spiro atoms. The molecule has 1 N–H and O–H groups in total. The molecule has 1 aliphatic heterocycles. The maximum Gasteiger partial charge on any atom is 0.159 e. The van der Waals surface area contributed by atoms with E-state index in [9.17, 15) is 9.90 Å². The van der Waals surface area contributed by atoms with Crippen LogP contribution in [0.25, 0.3) is 0 Å². The normalized spacial score (nSPS) is 15.9. The maximum atomic E-state index is 11.4. The van der Waals surface area contributed by atoms with Gasteiger partial charge in [-0.2, -0.15) is 0 Å². The largest absolute Gasteiger partial charge is 0.495 e. The lowest BCUT2D eigenvalue weighted by Crippen LogP contribution is -2.49. The second-order valence-electron chi connectivity index (χ2n) is 7.01. The molecule has 1 atom stereocenters. The van der Waals surface area contributed by atoms with E-state index in [4.69, 9.17) is 9.47 Å². The van der Waals surface area contributed by atoms with Crippen molar-refractivity contribution in [1.82, 2.24) is 4.90 Å². The minimum absolute atomic E-state index is 0.00100. The van der Waals surface area contributed by atoms with Gasteiger partial charge in [-0.05, 0) is 31.2 Å². The van der Waals surface area contributed by atoms with Crippen molar-refractivity contribution < 1.29 is 19.4 Å². The number of nitrogens with zero attached hydrogens (tertiary/aromatic N) is 2. The molecule has 0 aromatic heterocycles. The van der Waals surface area contributed by atoms with Crippen molar-refractivity contribution in [3.05, 3.63) is 54.1 Å². The number of hydrogen-bond donors (Lipinski definition) is 1. The molecule has 1 fully saturated rings. The number of ketones is 1. The van der Waals surface area contributed by atoms with Crippen LogP contribution in [-0.4, -0.2) is 68.3 Å². The van der Waals surface area contributed by atoms with Crippen LogP contribution in [0.3, 0.4) is 0 Å². The Morgan fingerprint density at radius 1 is 1.11 bits per heavy atom. The molecule has 3 rings (SSSR count). The lowest BCUT2D eigenvalue weighted by atomic mass is 10.1. The Labute approximate surface area is 166 Å². The van der Waals surface area contributed by atoms with Gasteiger partial charge in [0.25, 0.3) is 0 Å². The van der Waals surface area contributed by atoms with Gasteiger partial charge in [0.05, 0.1) is 12.8 Å². The Bertz CT molecular complexity index is 788. The number of hydrogen-bond acceptors (Lipinski definition) is 6. The topological polar surface area (TPSA) is 62.2 Å². The van der Waals surface area contributed by atoms with E-state index in [1.165, 1.54) is 6.92 Å². The van der Waals surface area contributed by atoms with Gasteiger partial charge in [-0.3, -0.25) is 9.69 Å². The fourth-order valence-electron chi connectivity index (χ4n) is 3.41. The van der Waals surface area contributed by atoms with Crippen molar-refractivity contribution in [2.24, 2.45) is 0 Å². The maximum absolute atomic E-state index is 11.4. The molecule has 0 radical (unpaired) electrons. The van der Waals surface area contributed by atoms with Gasteiger partial charge in [0.2, 0.25) is 0 Å². The van der Waals surface area contributed by atoms with Crippen LogP contribution in [0.4, 0.5) is 5.69 Å².